The van der Waals surface area contributed by atoms with Gasteiger partial charge >= 0.3 is 0 Å². The van der Waals surface area contributed by atoms with Crippen molar-refractivity contribution in [3.63, 3.8) is 0 Å². The second-order valence-electron chi connectivity index (χ2n) is 5.27. The van der Waals surface area contributed by atoms with Gasteiger partial charge in [0, 0.05) is 32.0 Å². The molecule has 1 unspecified atom stereocenters. The molecule has 6 nitrogen and oxygen atoms in total. The number of aromatic nitrogens is 4. The Hall–Kier alpha value is -1.92. The summed E-state index contributed by atoms with van der Waals surface area (Å²) < 4.78 is 5.82. The van der Waals surface area contributed by atoms with Crippen molar-refractivity contribution in [3.05, 3.63) is 47.6 Å². The average molecular weight is 285 g/mol. The molecule has 2 aromatic rings. The molecule has 0 aromatic carbocycles. The van der Waals surface area contributed by atoms with Gasteiger partial charge in [-0.2, -0.15) is 0 Å². The number of hydrogen-bond acceptors (Lipinski definition) is 6. The van der Waals surface area contributed by atoms with Crippen LogP contribution in [0.5, 0.6) is 0 Å². The molecule has 1 fully saturated rings. The third kappa shape index (κ3) is 3.59. The number of hydrogen-bond donors (Lipinski definition) is 0. The van der Waals surface area contributed by atoms with E-state index >= 15 is 0 Å². The van der Waals surface area contributed by atoms with Crippen LogP contribution in [0.1, 0.15) is 29.0 Å². The average Bonchev–Trinajstić information content (AvgIpc) is 2.48. The highest BCUT2D eigenvalue weighted by Gasteiger charge is 2.23. The predicted molar refractivity (Wildman–Crippen MR) is 77.5 cm³/mol. The fraction of sp³-hybridized carbons (Fsp3) is 0.467. The normalized spacial score (nSPS) is 19.6. The number of morpholine rings is 1. The van der Waals surface area contributed by atoms with Crippen LogP contribution in [-0.2, 0) is 11.3 Å². The summed E-state index contributed by atoms with van der Waals surface area (Å²) in [5.74, 6) is 0.807. The molecular formula is C15H19N5O. The van der Waals surface area contributed by atoms with Crippen LogP contribution in [0.25, 0.3) is 0 Å². The first-order valence-electron chi connectivity index (χ1n) is 7.12. The molecule has 0 spiro atoms. The van der Waals surface area contributed by atoms with E-state index in [0.717, 1.165) is 42.5 Å². The van der Waals surface area contributed by atoms with Crippen molar-refractivity contribution in [1.29, 1.82) is 0 Å². The van der Waals surface area contributed by atoms with Crippen LogP contribution in [0.15, 0.2) is 24.7 Å². The van der Waals surface area contributed by atoms with Crippen LogP contribution >= 0.6 is 0 Å². The Morgan fingerprint density at radius 2 is 2.14 bits per heavy atom. The highest BCUT2D eigenvalue weighted by atomic mass is 16.5. The lowest BCUT2D eigenvalue weighted by molar-refractivity contribution is -0.0355. The number of ether oxygens (including phenoxy) is 1. The number of nitrogens with zero attached hydrogens (tertiary/aromatic N) is 5. The smallest absolute Gasteiger partial charge is 0.125 e. The summed E-state index contributed by atoms with van der Waals surface area (Å²) in [4.78, 5) is 19.6. The highest BCUT2D eigenvalue weighted by molar-refractivity contribution is 5.06. The Morgan fingerprint density at radius 1 is 1.24 bits per heavy atom. The van der Waals surface area contributed by atoms with Gasteiger partial charge in [0.2, 0.25) is 0 Å². The van der Waals surface area contributed by atoms with Crippen LogP contribution in [0.3, 0.4) is 0 Å². The maximum absolute atomic E-state index is 5.82. The number of rotatable bonds is 3. The minimum atomic E-state index is -0.0187. The van der Waals surface area contributed by atoms with Gasteiger partial charge < -0.3 is 4.74 Å². The van der Waals surface area contributed by atoms with Crippen molar-refractivity contribution < 1.29 is 4.74 Å². The zero-order valence-corrected chi connectivity index (χ0v) is 12.4. The van der Waals surface area contributed by atoms with Crippen molar-refractivity contribution in [3.8, 4) is 0 Å². The van der Waals surface area contributed by atoms with E-state index in [1.165, 1.54) is 0 Å². The van der Waals surface area contributed by atoms with E-state index in [4.69, 9.17) is 4.74 Å². The van der Waals surface area contributed by atoms with Gasteiger partial charge in [-0.15, -0.1) is 0 Å². The molecule has 21 heavy (non-hydrogen) atoms. The van der Waals surface area contributed by atoms with Crippen LogP contribution < -0.4 is 0 Å². The molecular weight excluding hydrogens is 266 g/mol. The Morgan fingerprint density at radius 3 is 2.90 bits per heavy atom. The summed E-state index contributed by atoms with van der Waals surface area (Å²) in [5.41, 5.74) is 2.85. The zero-order valence-electron chi connectivity index (χ0n) is 12.4. The summed E-state index contributed by atoms with van der Waals surface area (Å²) in [6.07, 6.45) is 5.37. The van der Waals surface area contributed by atoms with Crippen molar-refractivity contribution >= 4 is 0 Å². The monoisotopic (exact) mass is 285 g/mol. The summed E-state index contributed by atoms with van der Waals surface area (Å²) in [6.45, 7) is 7.06. The minimum Gasteiger partial charge on any atom is -0.369 e. The van der Waals surface area contributed by atoms with E-state index < -0.39 is 0 Å². The quantitative estimate of drug-likeness (QED) is 0.850. The molecule has 2 aromatic heterocycles. The lowest BCUT2D eigenvalue weighted by Crippen LogP contribution is -2.38. The van der Waals surface area contributed by atoms with Gasteiger partial charge in [-0.1, -0.05) is 0 Å². The standard InChI is InChI=1S/C15H19N5O/c1-11-7-18-14(8-17-11)15-10-20(5-6-21-15)9-13-3-4-16-12(2)19-13/h3-4,7-8,15H,5-6,9-10H2,1-2H3. The molecule has 0 aliphatic carbocycles. The van der Waals surface area contributed by atoms with E-state index in [0.29, 0.717) is 6.61 Å². The summed E-state index contributed by atoms with van der Waals surface area (Å²) >= 11 is 0. The van der Waals surface area contributed by atoms with Crippen LogP contribution in [-0.4, -0.2) is 44.5 Å². The molecule has 0 amide bonds. The molecule has 0 N–H and O–H groups in total. The second-order valence-corrected chi connectivity index (χ2v) is 5.27. The van der Waals surface area contributed by atoms with Gasteiger partial charge in [-0.05, 0) is 19.9 Å². The summed E-state index contributed by atoms with van der Waals surface area (Å²) in [6, 6.07) is 1.96. The van der Waals surface area contributed by atoms with Gasteiger partial charge in [0.25, 0.3) is 0 Å². The Kier molecular flexibility index (Phi) is 4.17. The molecule has 1 aliphatic rings. The van der Waals surface area contributed by atoms with Gasteiger partial charge in [-0.25, -0.2) is 9.97 Å². The van der Waals surface area contributed by atoms with Crippen molar-refractivity contribution in [2.24, 2.45) is 0 Å². The minimum absolute atomic E-state index is 0.0187. The fourth-order valence-corrected chi connectivity index (χ4v) is 2.42. The van der Waals surface area contributed by atoms with Crippen LogP contribution in [0, 0.1) is 13.8 Å². The maximum atomic E-state index is 5.82. The first-order valence-corrected chi connectivity index (χ1v) is 7.12. The second kappa shape index (κ2) is 6.24. The third-order valence-corrected chi connectivity index (χ3v) is 3.50. The Balaban J connectivity index is 1.67. The lowest BCUT2D eigenvalue weighted by atomic mass is 10.2. The summed E-state index contributed by atoms with van der Waals surface area (Å²) in [7, 11) is 0. The third-order valence-electron chi connectivity index (χ3n) is 3.50. The molecule has 0 saturated carbocycles. The van der Waals surface area contributed by atoms with E-state index in [9.17, 15) is 0 Å². The molecule has 3 heterocycles. The zero-order chi connectivity index (χ0) is 14.7. The largest absolute Gasteiger partial charge is 0.369 e. The fourth-order valence-electron chi connectivity index (χ4n) is 2.42. The van der Waals surface area contributed by atoms with E-state index in [2.05, 4.69) is 24.8 Å². The SMILES string of the molecule is Cc1cnc(C2CN(Cc3ccnc(C)n3)CCO2)cn1. The predicted octanol–water partition coefficient (Wildman–Crippen LogP) is 1.46. The Labute approximate surface area is 124 Å². The molecule has 110 valence electrons. The Bertz CT molecular complexity index is 601. The van der Waals surface area contributed by atoms with Crippen molar-refractivity contribution in [2.75, 3.05) is 19.7 Å². The topological polar surface area (TPSA) is 64.0 Å². The summed E-state index contributed by atoms with van der Waals surface area (Å²) in [5, 5.41) is 0. The molecule has 6 heteroatoms. The molecule has 0 radical (unpaired) electrons. The molecule has 3 rings (SSSR count). The lowest BCUT2D eigenvalue weighted by Gasteiger charge is -2.32. The van der Waals surface area contributed by atoms with Crippen molar-refractivity contribution in [1.82, 2.24) is 24.8 Å². The van der Waals surface area contributed by atoms with Gasteiger partial charge in [0.15, 0.2) is 0 Å². The first kappa shape index (κ1) is 14.0. The van der Waals surface area contributed by atoms with Gasteiger partial charge in [0.1, 0.15) is 11.9 Å². The molecule has 0 bridgehead atoms. The van der Waals surface area contributed by atoms with Gasteiger partial charge in [-0.3, -0.25) is 14.9 Å². The van der Waals surface area contributed by atoms with Gasteiger partial charge in [0.05, 0.1) is 29.9 Å². The highest BCUT2D eigenvalue weighted by Crippen LogP contribution is 2.20. The van der Waals surface area contributed by atoms with Crippen LogP contribution in [0.2, 0.25) is 0 Å². The van der Waals surface area contributed by atoms with E-state index in [1.54, 1.807) is 18.6 Å². The molecule has 1 aliphatic heterocycles. The van der Waals surface area contributed by atoms with E-state index in [-0.39, 0.29) is 6.10 Å². The first-order chi connectivity index (χ1) is 10.2. The molecule has 1 saturated heterocycles. The number of aryl methyl sites for hydroxylation is 2. The maximum Gasteiger partial charge on any atom is 0.125 e. The van der Waals surface area contributed by atoms with E-state index in [1.807, 2.05) is 19.9 Å². The molecule has 1 atom stereocenters. The van der Waals surface area contributed by atoms with Crippen LogP contribution in [0.4, 0.5) is 0 Å². The van der Waals surface area contributed by atoms with Crippen molar-refractivity contribution in [2.45, 2.75) is 26.5 Å².